The summed E-state index contributed by atoms with van der Waals surface area (Å²) in [7, 11) is 0. The highest BCUT2D eigenvalue weighted by atomic mass is 16.5. The highest BCUT2D eigenvalue weighted by Crippen LogP contribution is 2.08. The molecule has 0 aliphatic rings. The van der Waals surface area contributed by atoms with Crippen LogP contribution in [0.4, 0.5) is 0 Å². The molecule has 0 heterocycles. The second kappa shape index (κ2) is 8.51. The van der Waals surface area contributed by atoms with Crippen LogP contribution in [-0.2, 0) is 9.53 Å². The van der Waals surface area contributed by atoms with Gasteiger partial charge in [-0.2, -0.15) is 0 Å². The second-order valence-electron chi connectivity index (χ2n) is 4.84. The van der Waals surface area contributed by atoms with Crippen molar-refractivity contribution >= 4 is 5.97 Å². The standard InChI is InChI=1S/C14H30NO2/c1-6-13(5)14(16)17-12-10-11-15(7-2,8-3)9-4/h13H,6-12H2,1-5H3/q+1. The Morgan fingerprint density at radius 1 is 1.12 bits per heavy atom. The van der Waals surface area contributed by atoms with E-state index in [9.17, 15) is 4.79 Å². The minimum atomic E-state index is -0.0462. The maximum absolute atomic E-state index is 11.5. The molecule has 0 fully saturated rings. The minimum absolute atomic E-state index is 0.0396. The molecule has 0 aliphatic heterocycles. The number of ether oxygens (including phenoxy) is 1. The van der Waals surface area contributed by atoms with Crippen molar-refractivity contribution in [2.24, 2.45) is 5.92 Å². The Morgan fingerprint density at radius 3 is 2.06 bits per heavy atom. The molecule has 0 saturated carbocycles. The number of esters is 1. The van der Waals surface area contributed by atoms with Gasteiger partial charge >= 0.3 is 5.97 Å². The van der Waals surface area contributed by atoms with Gasteiger partial charge in [-0.05, 0) is 27.2 Å². The molecule has 0 aromatic carbocycles. The molecule has 1 unspecified atom stereocenters. The molecular weight excluding hydrogens is 214 g/mol. The van der Waals surface area contributed by atoms with Gasteiger partial charge < -0.3 is 9.22 Å². The molecule has 0 spiro atoms. The van der Waals surface area contributed by atoms with Crippen LogP contribution in [0, 0.1) is 5.92 Å². The Balaban J connectivity index is 3.87. The molecule has 1 atom stereocenters. The van der Waals surface area contributed by atoms with Crippen molar-refractivity contribution in [2.75, 3.05) is 32.8 Å². The van der Waals surface area contributed by atoms with E-state index < -0.39 is 0 Å². The summed E-state index contributed by atoms with van der Waals surface area (Å²) in [6.07, 6.45) is 1.83. The van der Waals surface area contributed by atoms with E-state index in [1.807, 2.05) is 13.8 Å². The summed E-state index contributed by atoms with van der Waals surface area (Å²) in [6.45, 7) is 15.8. The van der Waals surface area contributed by atoms with Crippen LogP contribution in [0.2, 0.25) is 0 Å². The van der Waals surface area contributed by atoms with Crippen molar-refractivity contribution in [1.29, 1.82) is 0 Å². The summed E-state index contributed by atoms with van der Waals surface area (Å²) in [5, 5.41) is 0. The number of carbonyl (C=O) groups is 1. The van der Waals surface area contributed by atoms with E-state index in [0.29, 0.717) is 6.61 Å². The van der Waals surface area contributed by atoms with Gasteiger partial charge in [0.05, 0.1) is 38.7 Å². The van der Waals surface area contributed by atoms with E-state index in [4.69, 9.17) is 4.74 Å². The van der Waals surface area contributed by atoms with Crippen LogP contribution in [0.15, 0.2) is 0 Å². The van der Waals surface area contributed by atoms with Gasteiger partial charge in [-0.1, -0.05) is 13.8 Å². The molecule has 0 aliphatic carbocycles. The monoisotopic (exact) mass is 244 g/mol. The molecule has 0 saturated heterocycles. The first-order chi connectivity index (χ1) is 8.05. The van der Waals surface area contributed by atoms with Crippen LogP contribution in [0.1, 0.15) is 47.5 Å². The van der Waals surface area contributed by atoms with Gasteiger partial charge in [-0.15, -0.1) is 0 Å². The highest BCUT2D eigenvalue weighted by molar-refractivity contribution is 5.71. The normalized spacial score (nSPS) is 13.5. The average Bonchev–Trinajstić information content (AvgIpc) is 2.38. The maximum Gasteiger partial charge on any atom is 0.308 e. The number of hydrogen-bond donors (Lipinski definition) is 0. The third-order valence-corrected chi connectivity index (χ3v) is 4.05. The van der Waals surface area contributed by atoms with Gasteiger partial charge in [0.1, 0.15) is 0 Å². The third-order valence-electron chi connectivity index (χ3n) is 4.05. The highest BCUT2D eigenvalue weighted by Gasteiger charge is 2.20. The van der Waals surface area contributed by atoms with E-state index >= 15 is 0 Å². The Bertz CT molecular complexity index is 204. The zero-order valence-electron chi connectivity index (χ0n) is 12.3. The first-order valence-electron chi connectivity index (χ1n) is 7.06. The first kappa shape index (κ1) is 16.4. The van der Waals surface area contributed by atoms with Crippen molar-refractivity contribution in [3.05, 3.63) is 0 Å². The summed E-state index contributed by atoms with van der Waals surface area (Å²) in [6, 6.07) is 0. The van der Waals surface area contributed by atoms with Gasteiger partial charge in [-0.25, -0.2) is 0 Å². The zero-order chi connectivity index (χ0) is 13.3. The fourth-order valence-electron chi connectivity index (χ4n) is 2.03. The second-order valence-corrected chi connectivity index (χ2v) is 4.84. The molecular formula is C14H30NO2+. The number of quaternary nitrogens is 1. The van der Waals surface area contributed by atoms with E-state index in [2.05, 4.69) is 20.8 Å². The van der Waals surface area contributed by atoms with Gasteiger partial charge in [0.15, 0.2) is 0 Å². The largest absolute Gasteiger partial charge is 0.465 e. The molecule has 0 aromatic rings. The van der Waals surface area contributed by atoms with Crippen molar-refractivity contribution < 1.29 is 14.0 Å². The summed E-state index contributed by atoms with van der Waals surface area (Å²) in [5.74, 6) is -0.00660. The van der Waals surface area contributed by atoms with Gasteiger partial charge in [0.2, 0.25) is 0 Å². The number of hydrogen-bond acceptors (Lipinski definition) is 2. The Kier molecular flexibility index (Phi) is 8.23. The quantitative estimate of drug-likeness (QED) is 0.354. The summed E-state index contributed by atoms with van der Waals surface area (Å²) in [5.41, 5.74) is 0. The molecule has 102 valence electrons. The Hall–Kier alpha value is -0.570. The summed E-state index contributed by atoms with van der Waals surface area (Å²) < 4.78 is 6.40. The van der Waals surface area contributed by atoms with E-state index in [1.165, 1.54) is 0 Å². The van der Waals surface area contributed by atoms with Crippen molar-refractivity contribution in [3.63, 3.8) is 0 Å². The molecule has 3 heteroatoms. The van der Waals surface area contributed by atoms with Gasteiger partial charge in [-0.3, -0.25) is 4.79 Å². The van der Waals surface area contributed by atoms with Crippen LogP contribution in [0.3, 0.4) is 0 Å². The van der Waals surface area contributed by atoms with Crippen molar-refractivity contribution in [1.82, 2.24) is 0 Å². The zero-order valence-corrected chi connectivity index (χ0v) is 12.3. The number of carbonyl (C=O) groups excluding carboxylic acids is 1. The lowest BCUT2D eigenvalue weighted by Crippen LogP contribution is -2.48. The molecule has 17 heavy (non-hydrogen) atoms. The molecule has 0 bridgehead atoms. The van der Waals surface area contributed by atoms with Crippen LogP contribution in [0.25, 0.3) is 0 Å². The molecule has 0 radical (unpaired) electrons. The first-order valence-corrected chi connectivity index (χ1v) is 7.06. The van der Waals surface area contributed by atoms with Crippen LogP contribution in [-0.4, -0.2) is 43.2 Å². The Morgan fingerprint density at radius 2 is 1.65 bits per heavy atom. The predicted molar refractivity (Wildman–Crippen MR) is 71.8 cm³/mol. The molecule has 0 amide bonds. The predicted octanol–water partition coefficient (Wildman–Crippen LogP) is 2.84. The lowest BCUT2D eigenvalue weighted by atomic mass is 10.1. The Labute approximate surface area is 107 Å². The van der Waals surface area contributed by atoms with E-state index in [-0.39, 0.29) is 11.9 Å². The lowest BCUT2D eigenvalue weighted by Gasteiger charge is -2.35. The SMILES string of the molecule is CCC(C)C(=O)OCCC[N+](CC)(CC)CC. The van der Waals surface area contributed by atoms with Crippen LogP contribution in [0.5, 0.6) is 0 Å². The molecule has 0 N–H and O–H groups in total. The minimum Gasteiger partial charge on any atom is -0.465 e. The lowest BCUT2D eigenvalue weighted by molar-refractivity contribution is -0.923. The van der Waals surface area contributed by atoms with Crippen molar-refractivity contribution in [3.8, 4) is 0 Å². The van der Waals surface area contributed by atoms with Crippen molar-refractivity contribution in [2.45, 2.75) is 47.5 Å². The number of nitrogens with zero attached hydrogens (tertiary/aromatic N) is 1. The summed E-state index contributed by atoms with van der Waals surface area (Å²) in [4.78, 5) is 11.5. The average molecular weight is 244 g/mol. The fourth-order valence-corrected chi connectivity index (χ4v) is 2.03. The fraction of sp³-hybridized carbons (Fsp3) is 0.929. The van der Waals surface area contributed by atoms with Gasteiger partial charge in [0, 0.05) is 6.42 Å². The smallest absolute Gasteiger partial charge is 0.308 e. The van der Waals surface area contributed by atoms with Crippen LogP contribution < -0.4 is 0 Å². The maximum atomic E-state index is 11.5. The molecule has 0 rings (SSSR count). The molecule has 3 nitrogen and oxygen atoms in total. The number of rotatable bonds is 9. The third kappa shape index (κ3) is 5.53. The summed E-state index contributed by atoms with van der Waals surface area (Å²) >= 11 is 0. The van der Waals surface area contributed by atoms with Crippen LogP contribution >= 0.6 is 0 Å². The van der Waals surface area contributed by atoms with Gasteiger partial charge in [0.25, 0.3) is 0 Å². The topological polar surface area (TPSA) is 26.3 Å². The van der Waals surface area contributed by atoms with E-state index in [1.54, 1.807) is 0 Å². The molecule has 0 aromatic heterocycles. The van der Waals surface area contributed by atoms with E-state index in [0.717, 1.165) is 43.5 Å².